The van der Waals surface area contributed by atoms with Crippen LogP contribution < -0.4 is 5.32 Å². The largest absolute Gasteiger partial charge is 0.316 e. The number of piperidine rings is 1. The molecule has 1 atom stereocenters. The number of hydrogen-bond donors (Lipinski definition) is 1. The Kier molecular flexibility index (Phi) is 2.46. The molecule has 0 aromatic carbocycles. The molecule has 1 N–H and O–H groups in total. The Bertz CT molecular complexity index is 376. The highest BCUT2D eigenvalue weighted by Gasteiger charge is 2.38. The molecule has 1 unspecified atom stereocenters. The van der Waals surface area contributed by atoms with Crippen molar-refractivity contribution in [3.8, 4) is 0 Å². The average Bonchev–Trinajstić information content (AvgIpc) is 2.91. The molecule has 4 heteroatoms. The second-order valence-corrected chi connectivity index (χ2v) is 5.11. The normalized spacial score (nSPS) is 29.3. The Balaban J connectivity index is 1.99. The fourth-order valence-corrected chi connectivity index (χ4v) is 3.16. The summed E-state index contributed by atoms with van der Waals surface area (Å²) in [5.74, 6) is 2.45. The van der Waals surface area contributed by atoms with Crippen molar-refractivity contribution in [3.63, 3.8) is 0 Å². The first-order valence-electron chi connectivity index (χ1n) is 6.49. The van der Waals surface area contributed by atoms with Crippen molar-refractivity contribution in [2.75, 3.05) is 13.1 Å². The van der Waals surface area contributed by atoms with Gasteiger partial charge in [-0.1, -0.05) is 6.92 Å². The topological polar surface area (TPSA) is 42.7 Å². The van der Waals surface area contributed by atoms with Gasteiger partial charge in [0.1, 0.15) is 11.6 Å². The third-order valence-electron chi connectivity index (χ3n) is 4.23. The predicted octanol–water partition coefficient (Wildman–Crippen LogP) is 1.26. The van der Waals surface area contributed by atoms with Crippen LogP contribution in [-0.4, -0.2) is 27.9 Å². The van der Waals surface area contributed by atoms with Crippen LogP contribution in [-0.2, 0) is 18.4 Å². The highest BCUT2D eigenvalue weighted by molar-refractivity contribution is 5.15. The Morgan fingerprint density at radius 1 is 1.38 bits per heavy atom. The summed E-state index contributed by atoms with van der Waals surface area (Å²) in [6.07, 6.45) is 6.04. The van der Waals surface area contributed by atoms with E-state index >= 15 is 0 Å². The minimum absolute atomic E-state index is 0.244. The van der Waals surface area contributed by atoms with Gasteiger partial charge in [0.15, 0.2) is 0 Å². The van der Waals surface area contributed by atoms with Gasteiger partial charge in [-0.3, -0.25) is 0 Å². The lowest BCUT2D eigenvalue weighted by atomic mass is 9.77. The number of fused-ring (bicyclic) bond motifs is 1. The summed E-state index contributed by atoms with van der Waals surface area (Å²) in [5, 5.41) is 12.4. The van der Waals surface area contributed by atoms with Gasteiger partial charge < -0.3 is 9.88 Å². The summed E-state index contributed by atoms with van der Waals surface area (Å²) in [5.41, 5.74) is 0.244. The van der Waals surface area contributed by atoms with Gasteiger partial charge in [-0.15, -0.1) is 10.2 Å². The van der Waals surface area contributed by atoms with E-state index in [9.17, 15) is 0 Å². The molecule has 3 rings (SSSR count). The fraction of sp³-hybridized carbons (Fsp3) is 0.833. The molecular formula is C12H20N4. The predicted molar refractivity (Wildman–Crippen MR) is 62.4 cm³/mol. The standard InChI is InChI=1S/C12H20N4/c1-2-12(6-4-7-13-9-12)11-15-14-10-5-3-8-16(10)11/h13H,2-9H2,1H3. The number of hydrogen-bond acceptors (Lipinski definition) is 3. The van der Waals surface area contributed by atoms with Crippen LogP contribution in [0.4, 0.5) is 0 Å². The van der Waals surface area contributed by atoms with Gasteiger partial charge in [0.25, 0.3) is 0 Å². The van der Waals surface area contributed by atoms with E-state index < -0.39 is 0 Å². The molecule has 2 aliphatic rings. The van der Waals surface area contributed by atoms with Gasteiger partial charge in [0, 0.05) is 24.9 Å². The summed E-state index contributed by atoms with van der Waals surface area (Å²) < 4.78 is 2.37. The van der Waals surface area contributed by atoms with Crippen molar-refractivity contribution in [1.82, 2.24) is 20.1 Å². The summed E-state index contributed by atoms with van der Waals surface area (Å²) in [6.45, 7) is 5.63. The smallest absolute Gasteiger partial charge is 0.140 e. The summed E-state index contributed by atoms with van der Waals surface area (Å²) in [4.78, 5) is 0. The maximum atomic E-state index is 4.48. The molecule has 0 aliphatic carbocycles. The molecular weight excluding hydrogens is 200 g/mol. The first-order valence-corrected chi connectivity index (χ1v) is 6.49. The molecule has 0 amide bonds. The molecule has 4 nitrogen and oxygen atoms in total. The molecule has 1 aromatic heterocycles. The number of aromatic nitrogens is 3. The Labute approximate surface area is 96.4 Å². The van der Waals surface area contributed by atoms with Crippen molar-refractivity contribution in [2.45, 2.75) is 51.0 Å². The zero-order valence-electron chi connectivity index (χ0n) is 10.00. The van der Waals surface area contributed by atoms with Gasteiger partial charge >= 0.3 is 0 Å². The molecule has 1 saturated heterocycles. The molecule has 1 fully saturated rings. The van der Waals surface area contributed by atoms with Crippen LogP contribution in [0.15, 0.2) is 0 Å². The van der Waals surface area contributed by atoms with E-state index in [-0.39, 0.29) is 5.41 Å². The van der Waals surface area contributed by atoms with Crippen LogP contribution in [0.2, 0.25) is 0 Å². The van der Waals surface area contributed by atoms with E-state index in [1.807, 2.05) is 0 Å². The molecule has 2 aliphatic heterocycles. The number of nitrogens with zero attached hydrogens (tertiary/aromatic N) is 3. The van der Waals surface area contributed by atoms with Crippen molar-refractivity contribution in [3.05, 3.63) is 11.6 Å². The summed E-state index contributed by atoms with van der Waals surface area (Å²) in [7, 11) is 0. The van der Waals surface area contributed by atoms with Crippen LogP contribution in [0, 0.1) is 0 Å². The quantitative estimate of drug-likeness (QED) is 0.816. The molecule has 88 valence electrons. The van der Waals surface area contributed by atoms with E-state index in [0.29, 0.717) is 0 Å². The second-order valence-electron chi connectivity index (χ2n) is 5.11. The molecule has 0 saturated carbocycles. The lowest BCUT2D eigenvalue weighted by Crippen LogP contribution is -2.44. The first-order chi connectivity index (χ1) is 7.86. The minimum atomic E-state index is 0.244. The van der Waals surface area contributed by atoms with Crippen LogP contribution in [0.25, 0.3) is 0 Å². The van der Waals surface area contributed by atoms with E-state index in [1.165, 1.54) is 30.9 Å². The van der Waals surface area contributed by atoms with Gasteiger partial charge in [0.05, 0.1) is 0 Å². The van der Waals surface area contributed by atoms with Crippen LogP contribution in [0.3, 0.4) is 0 Å². The Morgan fingerprint density at radius 3 is 3.06 bits per heavy atom. The highest BCUT2D eigenvalue weighted by Crippen LogP contribution is 2.34. The van der Waals surface area contributed by atoms with E-state index in [0.717, 1.165) is 32.5 Å². The summed E-state index contributed by atoms with van der Waals surface area (Å²) >= 11 is 0. The van der Waals surface area contributed by atoms with E-state index in [4.69, 9.17) is 0 Å². The van der Waals surface area contributed by atoms with E-state index in [2.05, 4.69) is 27.0 Å². The minimum Gasteiger partial charge on any atom is -0.316 e. The fourth-order valence-electron chi connectivity index (χ4n) is 3.16. The monoisotopic (exact) mass is 220 g/mol. The Morgan fingerprint density at radius 2 is 2.31 bits per heavy atom. The third kappa shape index (κ3) is 1.39. The third-order valence-corrected chi connectivity index (χ3v) is 4.23. The zero-order chi connectivity index (χ0) is 11.0. The Hall–Kier alpha value is -0.900. The van der Waals surface area contributed by atoms with Crippen molar-refractivity contribution >= 4 is 0 Å². The van der Waals surface area contributed by atoms with Gasteiger partial charge in [-0.05, 0) is 32.2 Å². The molecule has 1 aromatic rings. The first kappa shape index (κ1) is 10.3. The molecule has 0 spiro atoms. The maximum absolute atomic E-state index is 4.48. The average molecular weight is 220 g/mol. The second kappa shape index (κ2) is 3.84. The number of aryl methyl sites for hydroxylation is 1. The van der Waals surface area contributed by atoms with Crippen molar-refractivity contribution < 1.29 is 0 Å². The number of rotatable bonds is 2. The lowest BCUT2D eigenvalue weighted by molar-refractivity contribution is 0.278. The van der Waals surface area contributed by atoms with Gasteiger partial charge in [-0.2, -0.15) is 0 Å². The van der Waals surface area contributed by atoms with Crippen LogP contribution in [0.5, 0.6) is 0 Å². The van der Waals surface area contributed by atoms with Crippen molar-refractivity contribution in [2.24, 2.45) is 0 Å². The van der Waals surface area contributed by atoms with Crippen molar-refractivity contribution in [1.29, 1.82) is 0 Å². The van der Waals surface area contributed by atoms with Gasteiger partial charge in [0.2, 0.25) is 0 Å². The molecule has 3 heterocycles. The maximum Gasteiger partial charge on any atom is 0.140 e. The summed E-state index contributed by atoms with van der Waals surface area (Å²) in [6, 6.07) is 0. The van der Waals surface area contributed by atoms with E-state index in [1.54, 1.807) is 0 Å². The number of nitrogens with one attached hydrogen (secondary N) is 1. The lowest BCUT2D eigenvalue weighted by Gasteiger charge is -2.36. The SMILES string of the molecule is CCC1(c2nnc3n2CCC3)CCCNC1. The zero-order valence-corrected chi connectivity index (χ0v) is 10.00. The molecule has 0 bridgehead atoms. The highest BCUT2D eigenvalue weighted by atomic mass is 15.3. The molecule has 0 radical (unpaired) electrons. The van der Waals surface area contributed by atoms with Crippen LogP contribution >= 0.6 is 0 Å². The van der Waals surface area contributed by atoms with Gasteiger partial charge in [-0.25, -0.2) is 0 Å². The van der Waals surface area contributed by atoms with Crippen LogP contribution in [0.1, 0.15) is 44.3 Å². The molecule has 16 heavy (non-hydrogen) atoms.